The topological polar surface area (TPSA) is 133 Å². The van der Waals surface area contributed by atoms with E-state index in [1.165, 1.54) is 4.90 Å². The minimum absolute atomic E-state index is 0.111. The normalized spacial score (nSPS) is 21.3. The first-order valence-electron chi connectivity index (χ1n) is 13.3. The quantitative estimate of drug-likeness (QED) is 0.569. The Morgan fingerprint density at radius 2 is 2.00 bits per heavy atom. The van der Waals surface area contributed by atoms with Crippen molar-refractivity contribution in [1.82, 2.24) is 20.1 Å². The number of hydrogen-bond donors (Lipinski definition) is 1. The minimum Gasteiger partial charge on any atom is -0.491 e. The molecule has 2 aromatic rings. The summed E-state index contributed by atoms with van der Waals surface area (Å²) in [6, 6.07) is 10.1. The van der Waals surface area contributed by atoms with Gasteiger partial charge in [-0.1, -0.05) is 0 Å². The Bertz CT molecular complexity index is 1380. The molecule has 10 heteroatoms. The molecule has 1 aromatic carbocycles. The van der Waals surface area contributed by atoms with Crippen molar-refractivity contribution in [3.63, 3.8) is 0 Å². The zero-order valence-electron chi connectivity index (χ0n) is 22.1. The Morgan fingerprint density at radius 1 is 1.18 bits per heavy atom. The van der Waals surface area contributed by atoms with Gasteiger partial charge < -0.3 is 14.5 Å². The van der Waals surface area contributed by atoms with E-state index in [4.69, 9.17) is 4.74 Å². The number of carbonyl (C=O) groups is 4. The van der Waals surface area contributed by atoms with E-state index in [2.05, 4.69) is 16.4 Å². The molecule has 1 unspecified atom stereocenters. The van der Waals surface area contributed by atoms with Crippen LogP contribution in [-0.2, 0) is 21.5 Å². The largest absolute Gasteiger partial charge is 0.491 e. The van der Waals surface area contributed by atoms with Gasteiger partial charge in [0.25, 0.3) is 11.8 Å². The van der Waals surface area contributed by atoms with Crippen LogP contribution < -0.4 is 10.1 Å². The highest BCUT2D eigenvalue weighted by molar-refractivity contribution is 6.05. The number of hydrogen-bond acceptors (Lipinski definition) is 7. The van der Waals surface area contributed by atoms with Gasteiger partial charge in [0.2, 0.25) is 11.8 Å². The van der Waals surface area contributed by atoms with Crippen LogP contribution in [0, 0.1) is 11.3 Å². The molecule has 0 spiro atoms. The number of piperidine rings is 2. The fourth-order valence-electron chi connectivity index (χ4n) is 5.40. The molecule has 10 nitrogen and oxygen atoms in total. The van der Waals surface area contributed by atoms with Crippen LogP contribution in [0.15, 0.2) is 36.5 Å². The molecule has 4 amide bonds. The number of pyridine rings is 1. The van der Waals surface area contributed by atoms with Crippen LogP contribution in [0.5, 0.6) is 5.75 Å². The highest BCUT2D eigenvalue weighted by atomic mass is 16.5. The molecule has 4 heterocycles. The highest BCUT2D eigenvalue weighted by Crippen LogP contribution is 2.31. The first-order valence-corrected chi connectivity index (χ1v) is 13.3. The summed E-state index contributed by atoms with van der Waals surface area (Å²) >= 11 is 0. The number of ether oxygens (including phenoxy) is 1. The third-order valence-electron chi connectivity index (χ3n) is 7.75. The first kappa shape index (κ1) is 26.4. The molecular formula is C29H31N5O5. The van der Waals surface area contributed by atoms with Crippen molar-refractivity contribution < 1.29 is 23.9 Å². The number of amides is 4. The van der Waals surface area contributed by atoms with E-state index in [0.717, 1.165) is 24.8 Å². The van der Waals surface area contributed by atoms with Gasteiger partial charge in [0, 0.05) is 36.8 Å². The number of imide groups is 1. The van der Waals surface area contributed by atoms with Gasteiger partial charge >= 0.3 is 0 Å². The van der Waals surface area contributed by atoms with Crippen LogP contribution in [0.1, 0.15) is 77.9 Å². The van der Waals surface area contributed by atoms with E-state index < -0.39 is 17.4 Å². The van der Waals surface area contributed by atoms with Gasteiger partial charge in [-0.2, -0.15) is 5.26 Å². The number of rotatable bonds is 6. The molecule has 39 heavy (non-hydrogen) atoms. The maximum atomic E-state index is 13.5. The number of aromatic nitrogens is 1. The van der Waals surface area contributed by atoms with E-state index in [1.54, 1.807) is 44.3 Å². The van der Waals surface area contributed by atoms with Gasteiger partial charge in [-0.05, 0) is 75.4 Å². The lowest BCUT2D eigenvalue weighted by Gasteiger charge is -2.35. The van der Waals surface area contributed by atoms with Gasteiger partial charge in [-0.3, -0.25) is 29.5 Å². The van der Waals surface area contributed by atoms with Crippen molar-refractivity contribution >= 4 is 23.6 Å². The van der Waals surface area contributed by atoms with Crippen molar-refractivity contribution in [2.24, 2.45) is 0 Å². The second kappa shape index (κ2) is 10.5. The third-order valence-corrected chi connectivity index (χ3v) is 7.75. The molecular weight excluding hydrogens is 498 g/mol. The van der Waals surface area contributed by atoms with E-state index in [0.29, 0.717) is 42.1 Å². The summed E-state index contributed by atoms with van der Waals surface area (Å²) in [5.74, 6) is -0.511. The Hall–Kier alpha value is -4.26. The maximum Gasteiger partial charge on any atom is 0.255 e. The Labute approximate surface area is 226 Å². The molecule has 1 aromatic heterocycles. The van der Waals surface area contributed by atoms with Gasteiger partial charge in [0.1, 0.15) is 18.4 Å². The highest BCUT2D eigenvalue weighted by Gasteiger charge is 2.39. The lowest BCUT2D eigenvalue weighted by Crippen LogP contribution is -2.52. The summed E-state index contributed by atoms with van der Waals surface area (Å²) in [6.07, 6.45) is 4.78. The zero-order valence-corrected chi connectivity index (χ0v) is 22.1. The van der Waals surface area contributed by atoms with Gasteiger partial charge in [0.15, 0.2) is 0 Å². The van der Waals surface area contributed by atoms with Crippen molar-refractivity contribution in [2.45, 2.75) is 70.0 Å². The SMILES string of the molecule is CC(C)(C#N)c1cc(C(=O)N2CCCC[C@H]2COc2ccc3c(c2)CN(C2CCC(=O)NC2=O)C3=O)ccn1. The Morgan fingerprint density at radius 3 is 2.77 bits per heavy atom. The van der Waals surface area contributed by atoms with Crippen LogP contribution >= 0.6 is 0 Å². The fourth-order valence-corrected chi connectivity index (χ4v) is 5.40. The summed E-state index contributed by atoms with van der Waals surface area (Å²) in [5.41, 5.74) is 1.54. The van der Waals surface area contributed by atoms with E-state index in [-0.39, 0.29) is 36.7 Å². The molecule has 5 rings (SSSR count). The molecule has 1 N–H and O–H groups in total. The Kier molecular flexibility index (Phi) is 7.08. The monoisotopic (exact) mass is 529 g/mol. The lowest BCUT2D eigenvalue weighted by atomic mass is 9.90. The van der Waals surface area contributed by atoms with Crippen LogP contribution in [0.3, 0.4) is 0 Å². The number of carbonyl (C=O) groups excluding carboxylic acids is 4. The molecule has 0 saturated carbocycles. The van der Waals surface area contributed by atoms with Gasteiger partial charge in [0.05, 0.1) is 23.2 Å². The summed E-state index contributed by atoms with van der Waals surface area (Å²) in [7, 11) is 0. The van der Waals surface area contributed by atoms with Crippen molar-refractivity contribution in [3.05, 3.63) is 58.9 Å². The standard InChI is InChI=1S/C29H31N5O5/c1-29(2,17-30)24-14-18(10-11-31-24)27(37)33-12-4-3-5-20(33)16-39-21-6-7-22-19(13-21)15-34(28(22)38)23-8-9-25(35)32-26(23)36/h6-7,10-11,13-14,20,23H,3-5,8-9,12,15-16H2,1-2H3,(H,32,35,36)/t20-,23?/m0/s1. The molecule has 2 saturated heterocycles. The number of benzene rings is 1. The maximum absolute atomic E-state index is 13.5. The summed E-state index contributed by atoms with van der Waals surface area (Å²) in [5, 5.41) is 11.8. The summed E-state index contributed by atoms with van der Waals surface area (Å²) in [6.45, 7) is 4.74. The molecule has 2 fully saturated rings. The number of nitrogens with zero attached hydrogens (tertiary/aromatic N) is 4. The van der Waals surface area contributed by atoms with Crippen LogP contribution in [0.4, 0.5) is 0 Å². The number of nitrogens with one attached hydrogen (secondary N) is 1. The van der Waals surface area contributed by atoms with Crippen molar-refractivity contribution in [2.75, 3.05) is 13.2 Å². The predicted octanol–water partition coefficient (Wildman–Crippen LogP) is 2.72. The number of nitriles is 1. The molecule has 3 aliphatic heterocycles. The van der Waals surface area contributed by atoms with Gasteiger partial charge in [-0.15, -0.1) is 0 Å². The second-order valence-corrected chi connectivity index (χ2v) is 10.8. The predicted molar refractivity (Wildman–Crippen MR) is 140 cm³/mol. The lowest BCUT2D eigenvalue weighted by molar-refractivity contribution is -0.136. The third kappa shape index (κ3) is 5.21. The summed E-state index contributed by atoms with van der Waals surface area (Å²) in [4.78, 5) is 57.9. The molecule has 202 valence electrons. The number of fused-ring (bicyclic) bond motifs is 1. The molecule has 0 radical (unpaired) electrons. The first-order chi connectivity index (χ1) is 18.7. The zero-order chi connectivity index (χ0) is 27.7. The molecule has 3 aliphatic rings. The van der Waals surface area contributed by atoms with Crippen molar-refractivity contribution in [3.8, 4) is 11.8 Å². The van der Waals surface area contributed by atoms with Gasteiger partial charge in [-0.25, -0.2) is 0 Å². The minimum atomic E-state index is -0.802. The second-order valence-electron chi connectivity index (χ2n) is 10.8. The number of likely N-dealkylation sites (tertiary alicyclic amines) is 1. The Balaban J connectivity index is 1.26. The van der Waals surface area contributed by atoms with Crippen LogP contribution in [0.2, 0.25) is 0 Å². The summed E-state index contributed by atoms with van der Waals surface area (Å²) < 4.78 is 6.13. The molecule has 2 atom stereocenters. The van der Waals surface area contributed by atoms with Crippen LogP contribution in [-0.4, -0.2) is 63.6 Å². The average Bonchev–Trinajstić information content (AvgIpc) is 3.27. The molecule has 0 aliphatic carbocycles. The average molecular weight is 530 g/mol. The van der Waals surface area contributed by atoms with E-state index >= 15 is 0 Å². The smallest absolute Gasteiger partial charge is 0.255 e. The fraction of sp³-hybridized carbons (Fsp3) is 0.448. The van der Waals surface area contributed by atoms with E-state index in [1.807, 2.05) is 11.0 Å². The molecule has 0 bridgehead atoms. The van der Waals surface area contributed by atoms with E-state index in [9.17, 15) is 24.4 Å². The van der Waals surface area contributed by atoms with Crippen molar-refractivity contribution in [1.29, 1.82) is 5.26 Å². The van der Waals surface area contributed by atoms with Crippen LogP contribution in [0.25, 0.3) is 0 Å².